The quantitative estimate of drug-likeness (QED) is 0.0204. The zero-order valence-corrected chi connectivity index (χ0v) is 64.9. The predicted octanol–water partition coefficient (Wildman–Crippen LogP) is 9.53. The van der Waals surface area contributed by atoms with Gasteiger partial charge in [0.15, 0.2) is 0 Å². The number of aliphatic imine (C=N–C) groups is 3. The number of alkyl halides is 10. The molecule has 24 nitrogen and oxygen atoms in total. The first kappa shape index (κ1) is 91.6. The number of aryl methyl sites for hydroxylation is 2. The van der Waals surface area contributed by atoms with Crippen molar-refractivity contribution >= 4 is 109 Å². The largest absolute Gasteiger partial charge is 0.493 e. The van der Waals surface area contributed by atoms with Crippen LogP contribution in [0.5, 0.6) is 11.5 Å². The third-order valence-corrected chi connectivity index (χ3v) is 23.6. The summed E-state index contributed by atoms with van der Waals surface area (Å²) in [6, 6.07) is 19.1. The summed E-state index contributed by atoms with van der Waals surface area (Å²) in [5.41, 5.74) is -6.86. The van der Waals surface area contributed by atoms with E-state index in [-0.39, 0.29) is 119 Å². The number of amidine groups is 3. The summed E-state index contributed by atoms with van der Waals surface area (Å²) in [5, 5.41) is 48.0. The van der Waals surface area contributed by atoms with Crippen molar-refractivity contribution in [1.29, 1.82) is 0 Å². The summed E-state index contributed by atoms with van der Waals surface area (Å²) in [5.74, 6) is -5.62. The number of piperidine rings is 3. The van der Waals surface area contributed by atoms with Gasteiger partial charge in [0.05, 0.1) is 77.8 Å². The normalized spacial score (nSPS) is 18.2. The molecule has 3 fully saturated rings. The Morgan fingerprint density at radius 3 is 1.25 bits per heavy atom. The first-order valence-corrected chi connectivity index (χ1v) is 40.6. The maximum absolute atomic E-state index is 14.6. The van der Waals surface area contributed by atoms with Gasteiger partial charge in [-0.3, -0.25) is 29.4 Å². The van der Waals surface area contributed by atoms with Crippen LogP contribution in [0.4, 0.5) is 52.7 Å². The summed E-state index contributed by atoms with van der Waals surface area (Å²) >= 11 is 8.43. The Morgan fingerprint density at radius 1 is 0.571 bits per heavy atom. The predicted molar refractivity (Wildman–Crippen MR) is 394 cm³/mol. The Bertz CT molecular complexity index is 4730. The number of carbonyl (C=O) groups is 3. The fourth-order valence-corrected chi connectivity index (χ4v) is 15.3. The van der Waals surface area contributed by atoms with Crippen LogP contribution in [0, 0.1) is 31.3 Å². The maximum atomic E-state index is 14.6. The van der Waals surface area contributed by atoms with Crippen LogP contribution in [0.1, 0.15) is 101 Å². The van der Waals surface area contributed by atoms with Crippen molar-refractivity contribution in [3.05, 3.63) is 180 Å². The van der Waals surface area contributed by atoms with Gasteiger partial charge in [-0.05, 0) is 155 Å². The fourth-order valence-electron chi connectivity index (χ4n) is 11.7. The molecule has 8 N–H and O–H groups in total. The van der Waals surface area contributed by atoms with Crippen molar-refractivity contribution in [2.75, 3.05) is 77.3 Å². The van der Waals surface area contributed by atoms with Crippen LogP contribution >= 0.6 is 38.2 Å². The van der Waals surface area contributed by atoms with Gasteiger partial charge in [-0.1, -0.05) is 46.8 Å². The molecule has 0 aromatic heterocycles. The SMILES string of the molecule is C=CS(=O)(=O)N1CCC2(CC1)N=C(c1cccc(C(F)(F)F)c1F)NC2=O.Cc1cc(OCCC(O)CO)ccc1/C=C/S(=O)(=O)N1CCC2(CC1)N=C(c1cccc(C(F)(F)F)c1F)NC2=O.Cc1cc(OCCC(O)CO)ccc1Br.O=C1NC(c2cccc(C(F)(F)F)c2F)=NC12CCNCC2.O=S(=O)(Cl)CCCl. The van der Waals surface area contributed by atoms with Crippen LogP contribution in [0.2, 0.25) is 0 Å². The highest BCUT2D eigenvalue weighted by molar-refractivity contribution is 9.10. The van der Waals surface area contributed by atoms with Gasteiger partial charge in [-0.2, -0.15) is 48.1 Å². The molecule has 3 spiro atoms. The number of nitrogens with one attached hydrogen (secondary N) is 4. The summed E-state index contributed by atoms with van der Waals surface area (Å²) < 4.78 is 243. The van der Waals surface area contributed by atoms with Crippen LogP contribution in [0.15, 0.2) is 128 Å². The number of aliphatic hydroxyl groups is 4. The van der Waals surface area contributed by atoms with Crippen LogP contribution in [-0.2, 0) is 62.0 Å². The first-order valence-electron chi connectivity index (χ1n) is 33.8. The number of halogens is 15. The molecule has 0 saturated carbocycles. The average molecular weight is 1760 g/mol. The van der Waals surface area contributed by atoms with Crippen LogP contribution in [-0.4, -0.2) is 196 Å². The second-order valence-electron chi connectivity index (χ2n) is 25.7. The van der Waals surface area contributed by atoms with Gasteiger partial charge >= 0.3 is 18.5 Å². The van der Waals surface area contributed by atoms with Gasteiger partial charge < -0.3 is 51.2 Å². The third-order valence-electron chi connectivity index (χ3n) is 18.1. The highest BCUT2D eigenvalue weighted by atomic mass is 79.9. The molecule has 0 bridgehead atoms. The Labute approximate surface area is 653 Å². The number of benzene rings is 5. The summed E-state index contributed by atoms with van der Waals surface area (Å²) in [6.45, 7) is 7.99. The fraction of sp³-hybridized carbons (Fsp3) is 0.429. The molecule has 5 aromatic rings. The van der Waals surface area contributed by atoms with E-state index in [2.05, 4.69) is 58.8 Å². The number of hydrogen-bond donors (Lipinski definition) is 8. The highest BCUT2D eigenvalue weighted by Crippen LogP contribution is 2.40. The molecule has 614 valence electrons. The summed E-state index contributed by atoms with van der Waals surface area (Å²) in [4.78, 5) is 49.9. The monoisotopic (exact) mass is 1760 g/mol. The second kappa shape index (κ2) is 38.2. The minimum absolute atomic E-state index is 0.0103. The minimum atomic E-state index is -4.92. The summed E-state index contributed by atoms with van der Waals surface area (Å²) in [6.07, 6.45) is -13.2. The van der Waals surface area contributed by atoms with E-state index in [0.717, 1.165) is 66.8 Å². The third kappa shape index (κ3) is 23.8. The molecule has 6 aliphatic heterocycles. The molecule has 6 heterocycles. The van der Waals surface area contributed by atoms with Crippen molar-refractivity contribution in [3.63, 3.8) is 0 Å². The van der Waals surface area contributed by atoms with Crippen molar-refractivity contribution in [3.8, 4) is 11.5 Å². The molecule has 2 atom stereocenters. The van der Waals surface area contributed by atoms with Crippen molar-refractivity contribution in [1.82, 2.24) is 29.9 Å². The minimum Gasteiger partial charge on any atom is -0.493 e. The molecule has 112 heavy (non-hydrogen) atoms. The molecule has 0 radical (unpaired) electrons. The summed E-state index contributed by atoms with van der Waals surface area (Å²) in [7, 11) is -6.15. The Kier molecular flexibility index (Phi) is 31.3. The standard InChI is InChI=1S/C27H29F4N3O6S.C16H15F4N3O3S.C14H13F4N3O.C11H15BrO3.C2H4Cl2O2S/c1-17-15-20(40-13-7-19(36)16-35)6-5-18(17)8-14-41(38,39)34-11-9-26(10-12-34)25(37)32-24(33-26)21-3-2-4-22(23(21)28)27(29,30)31;1-2-27(25,26)23-8-6-15(7-9-23)14(24)21-13(22-15)10-4-3-5-11(12(10)17)16(18,19)20;15-10-8(2-1-3-9(10)14(16,17)18)11-20-12(22)13(21-11)4-6-19-7-5-13;1-8-6-10(2-3-11(8)12)15-5-4-9(14)7-13;3-1-2-7(4,5)6/h2-6,8,14-15,19,35-36H,7,9-13,16H2,1H3,(H,32,33,37);2-5H,1,6-9H2,(H,21,22,24);1-3,19H,4-7H2,(H,20,21,22);2-3,6,9,13-14H,4-5,7H2,1H3;1-2H2/b14-8+;;;;. The van der Waals surface area contributed by atoms with E-state index >= 15 is 0 Å². The van der Waals surface area contributed by atoms with E-state index in [1.165, 1.54) is 16.4 Å². The van der Waals surface area contributed by atoms with Crippen molar-refractivity contribution < 1.29 is 122 Å². The van der Waals surface area contributed by atoms with Gasteiger partial charge in [0.2, 0.25) is 29.1 Å². The number of nitrogens with zero attached hydrogens (tertiary/aromatic N) is 5. The van der Waals surface area contributed by atoms with Crippen molar-refractivity contribution in [2.24, 2.45) is 15.0 Å². The van der Waals surface area contributed by atoms with Gasteiger partial charge in [0.25, 0.3) is 17.7 Å². The lowest BCUT2D eigenvalue weighted by Crippen LogP contribution is -2.50. The Balaban J connectivity index is 0.000000212. The number of carbonyl (C=O) groups excluding carboxylic acids is 3. The van der Waals surface area contributed by atoms with Gasteiger partial charge in [-0.15, -0.1) is 11.6 Å². The van der Waals surface area contributed by atoms with E-state index in [0.29, 0.717) is 68.5 Å². The molecular formula is C70H76BrCl2F12N9O15S3. The van der Waals surface area contributed by atoms with E-state index in [1.54, 1.807) is 25.1 Å². The molecule has 42 heteroatoms. The molecule has 11 rings (SSSR count). The number of hydrogen-bond acceptors (Lipinski definition) is 19. The number of rotatable bonds is 20. The van der Waals surface area contributed by atoms with E-state index in [4.69, 9.17) is 47.1 Å². The maximum Gasteiger partial charge on any atom is 0.419 e. The lowest BCUT2D eigenvalue weighted by Gasteiger charge is -2.34. The van der Waals surface area contributed by atoms with Crippen LogP contribution in [0.3, 0.4) is 0 Å². The lowest BCUT2D eigenvalue weighted by molar-refractivity contribution is -0.140. The highest BCUT2D eigenvalue weighted by Gasteiger charge is 2.51. The van der Waals surface area contributed by atoms with E-state index < -0.39 is 134 Å². The molecular weight excluding hydrogens is 1680 g/mol. The first-order chi connectivity index (χ1) is 52.3. The molecule has 2 unspecified atom stereocenters. The smallest absolute Gasteiger partial charge is 0.419 e. The zero-order chi connectivity index (χ0) is 83.2. The number of aliphatic hydroxyl groups excluding tert-OH is 4. The molecule has 6 aliphatic rings. The Morgan fingerprint density at radius 2 is 0.929 bits per heavy atom. The van der Waals surface area contributed by atoms with Crippen molar-refractivity contribution in [2.45, 2.75) is 113 Å². The number of ether oxygens (including phenoxy) is 2. The van der Waals surface area contributed by atoms with Crippen LogP contribution < -0.4 is 30.7 Å². The lowest BCUT2D eigenvalue weighted by atomic mass is 9.89. The number of sulfonamides is 2. The Hall–Kier alpha value is -7.61. The van der Waals surface area contributed by atoms with Gasteiger partial charge in [0, 0.05) is 70.9 Å². The van der Waals surface area contributed by atoms with E-state index in [1.807, 2.05) is 25.1 Å². The molecule has 0 aliphatic carbocycles. The molecule has 5 aromatic carbocycles. The number of amides is 3. The van der Waals surface area contributed by atoms with E-state index in [9.17, 15) is 97.4 Å². The second-order valence-corrected chi connectivity index (χ2v) is 33.6. The topological polar surface area (TPSA) is 345 Å². The average Bonchev–Trinajstić information content (AvgIpc) is 1.61. The van der Waals surface area contributed by atoms with Gasteiger partial charge in [-0.25, -0.2) is 38.4 Å². The zero-order valence-electron chi connectivity index (χ0n) is 59.3. The molecule has 3 saturated heterocycles. The van der Waals surface area contributed by atoms with Crippen LogP contribution in [0.25, 0.3) is 6.08 Å². The molecule has 3 amide bonds. The van der Waals surface area contributed by atoms with Gasteiger partial charge in [0.1, 0.15) is 63.1 Å².